The van der Waals surface area contributed by atoms with Crippen LogP contribution in [0.4, 0.5) is 0 Å². The van der Waals surface area contributed by atoms with Crippen LogP contribution in [0.15, 0.2) is 29.8 Å². The zero-order chi connectivity index (χ0) is 10.8. The van der Waals surface area contributed by atoms with E-state index < -0.39 is 0 Å². The maximum atomic E-state index is 6.35. The Morgan fingerprint density at radius 3 is 2.73 bits per heavy atom. The second kappa shape index (κ2) is 4.40. The van der Waals surface area contributed by atoms with Crippen molar-refractivity contribution in [2.75, 3.05) is 0 Å². The first-order valence-corrected chi connectivity index (χ1v) is 6.09. The second-order valence-corrected chi connectivity index (χ2v) is 4.66. The van der Waals surface area contributed by atoms with Crippen LogP contribution >= 0.6 is 11.6 Å². The van der Waals surface area contributed by atoms with Gasteiger partial charge in [-0.15, -0.1) is 0 Å². The van der Waals surface area contributed by atoms with E-state index in [2.05, 4.69) is 38.1 Å². The summed E-state index contributed by atoms with van der Waals surface area (Å²) in [6.07, 6.45) is 3.76. The molecule has 1 atom stereocenters. The highest BCUT2D eigenvalue weighted by Crippen LogP contribution is 2.45. The zero-order valence-corrected chi connectivity index (χ0v) is 10.1. The summed E-state index contributed by atoms with van der Waals surface area (Å²) in [5, 5.41) is 0.978. The Bertz CT molecular complexity index is 390. The Balaban J connectivity index is 2.33. The summed E-state index contributed by atoms with van der Waals surface area (Å²) in [5.41, 5.74) is 4.03. The second-order valence-electron chi connectivity index (χ2n) is 4.28. The van der Waals surface area contributed by atoms with Crippen molar-refractivity contribution in [3.63, 3.8) is 0 Å². The molecule has 0 saturated carbocycles. The topological polar surface area (TPSA) is 0 Å². The first-order chi connectivity index (χ1) is 7.25. The largest absolute Gasteiger partial charge is 0.0837 e. The molecule has 1 aliphatic rings. The Morgan fingerprint density at radius 1 is 1.27 bits per heavy atom. The van der Waals surface area contributed by atoms with Gasteiger partial charge in [0, 0.05) is 11.0 Å². The quantitative estimate of drug-likeness (QED) is 0.677. The molecule has 0 fully saturated rings. The normalized spacial score (nSPS) is 19.5. The molecule has 1 aliphatic carbocycles. The average molecular weight is 221 g/mol. The lowest BCUT2D eigenvalue weighted by atomic mass is 9.91. The molecule has 1 aromatic carbocycles. The monoisotopic (exact) mass is 220 g/mol. The molecule has 15 heavy (non-hydrogen) atoms. The Labute approximate surface area is 97.0 Å². The van der Waals surface area contributed by atoms with Crippen LogP contribution in [0.5, 0.6) is 0 Å². The third-order valence-corrected chi connectivity index (χ3v) is 3.79. The maximum Gasteiger partial charge on any atom is 0.0476 e. The number of fused-ring (bicyclic) bond motifs is 1. The standard InChI is InChI=1S/C14H17Cl/c1-3-4-7-11-10(2)14(15)13-9-6-5-8-12(11)13/h5-6,8-9,11H,3-4,7H2,1-2H3. The van der Waals surface area contributed by atoms with E-state index in [1.54, 1.807) is 0 Å². The third-order valence-electron chi connectivity index (χ3n) is 3.29. The predicted octanol–water partition coefficient (Wildman–Crippen LogP) is 4.94. The van der Waals surface area contributed by atoms with E-state index in [1.807, 2.05) is 0 Å². The van der Waals surface area contributed by atoms with E-state index in [-0.39, 0.29) is 0 Å². The van der Waals surface area contributed by atoms with E-state index in [0.717, 1.165) is 5.03 Å². The SMILES string of the molecule is CCCCC1C(C)=C(Cl)c2ccccc21. The molecular formula is C14H17Cl. The van der Waals surface area contributed by atoms with Gasteiger partial charge in [0.15, 0.2) is 0 Å². The Kier molecular flexibility index (Phi) is 3.16. The third kappa shape index (κ3) is 1.83. The van der Waals surface area contributed by atoms with Gasteiger partial charge < -0.3 is 0 Å². The lowest BCUT2D eigenvalue weighted by molar-refractivity contribution is 0.649. The number of hydrogen-bond donors (Lipinski definition) is 0. The molecule has 0 N–H and O–H groups in total. The van der Waals surface area contributed by atoms with Crippen LogP contribution in [0.2, 0.25) is 0 Å². The van der Waals surface area contributed by atoms with Crippen LogP contribution in [-0.4, -0.2) is 0 Å². The van der Waals surface area contributed by atoms with Crippen LogP contribution in [0.3, 0.4) is 0 Å². The molecule has 0 heterocycles. The van der Waals surface area contributed by atoms with E-state index in [4.69, 9.17) is 11.6 Å². The van der Waals surface area contributed by atoms with Crippen molar-refractivity contribution in [3.05, 3.63) is 41.0 Å². The molecule has 0 aliphatic heterocycles. The van der Waals surface area contributed by atoms with Gasteiger partial charge >= 0.3 is 0 Å². The van der Waals surface area contributed by atoms with Crippen molar-refractivity contribution >= 4 is 16.6 Å². The molecule has 0 amide bonds. The first kappa shape index (κ1) is 10.8. The van der Waals surface area contributed by atoms with Crippen LogP contribution in [0.1, 0.15) is 50.2 Å². The van der Waals surface area contributed by atoms with Gasteiger partial charge in [0.2, 0.25) is 0 Å². The molecule has 0 nitrogen and oxygen atoms in total. The summed E-state index contributed by atoms with van der Waals surface area (Å²) >= 11 is 6.35. The smallest absolute Gasteiger partial charge is 0.0476 e. The molecule has 2 rings (SSSR count). The van der Waals surface area contributed by atoms with Gasteiger partial charge in [-0.3, -0.25) is 0 Å². The summed E-state index contributed by atoms with van der Waals surface area (Å²) in [6.45, 7) is 4.41. The summed E-state index contributed by atoms with van der Waals surface area (Å²) < 4.78 is 0. The number of halogens is 1. The van der Waals surface area contributed by atoms with Gasteiger partial charge in [-0.05, 0) is 30.0 Å². The van der Waals surface area contributed by atoms with Crippen LogP contribution in [0, 0.1) is 0 Å². The molecule has 1 aromatic rings. The molecule has 0 radical (unpaired) electrons. The number of rotatable bonds is 3. The molecule has 1 unspecified atom stereocenters. The molecule has 0 spiro atoms. The number of unbranched alkanes of at least 4 members (excludes halogenated alkanes) is 1. The highest BCUT2D eigenvalue weighted by atomic mass is 35.5. The average Bonchev–Trinajstić information content (AvgIpc) is 2.51. The minimum absolute atomic E-state index is 0.564. The van der Waals surface area contributed by atoms with Gasteiger partial charge in [0.1, 0.15) is 0 Å². The van der Waals surface area contributed by atoms with Crippen molar-refractivity contribution in [2.24, 2.45) is 0 Å². The highest BCUT2D eigenvalue weighted by molar-refractivity contribution is 6.50. The van der Waals surface area contributed by atoms with Crippen molar-refractivity contribution < 1.29 is 0 Å². The van der Waals surface area contributed by atoms with Gasteiger partial charge in [-0.2, -0.15) is 0 Å². The highest BCUT2D eigenvalue weighted by Gasteiger charge is 2.26. The fourth-order valence-electron chi connectivity index (χ4n) is 2.38. The molecular weight excluding hydrogens is 204 g/mol. The fourth-order valence-corrected chi connectivity index (χ4v) is 2.68. The maximum absolute atomic E-state index is 6.35. The summed E-state index contributed by atoms with van der Waals surface area (Å²) in [7, 11) is 0. The lowest BCUT2D eigenvalue weighted by Gasteiger charge is -2.13. The summed E-state index contributed by atoms with van der Waals surface area (Å²) in [4.78, 5) is 0. The van der Waals surface area contributed by atoms with Crippen LogP contribution in [-0.2, 0) is 0 Å². The van der Waals surface area contributed by atoms with Crippen molar-refractivity contribution in [2.45, 2.75) is 39.0 Å². The van der Waals surface area contributed by atoms with E-state index in [1.165, 1.54) is 36.0 Å². The van der Waals surface area contributed by atoms with Crippen molar-refractivity contribution in [3.8, 4) is 0 Å². The van der Waals surface area contributed by atoms with E-state index >= 15 is 0 Å². The van der Waals surface area contributed by atoms with Crippen LogP contribution in [0.25, 0.3) is 5.03 Å². The Morgan fingerprint density at radius 2 is 2.00 bits per heavy atom. The number of allylic oxidation sites excluding steroid dienone is 1. The molecule has 0 bridgehead atoms. The van der Waals surface area contributed by atoms with Gasteiger partial charge in [-0.25, -0.2) is 0 Å². The van der Waals surface area contributed by atoms with Gasteiger partial charge in [0.25, 0.3) is 0 Å². The summed E-state index contributed by atoms with van der Waals surface area (Å²) in [6, 6.07) is 8.53. The Hall–Kier alpha value is -0.750. The number of hydrogen-bond acceptors (Lipinski definition) is 0. The number of benzene rings is 1. The zero-order valence-electron chi connectivity index (χ0n) is 9.39. The van der Waals surface area contributed by atoms with Crippen LogP contribution < -0.4 is 0 Å². The van der Waals surface area contributed by atoms with E-state index in [0.29, 0.717) is 5.92 Å². The summed E-state index contributed by atoms with van der Waals surface area (Å²) in [5.74, 6) is 0.564. The van der Waals surface area contributed by atoms with Gasteiger partial charge in [-0.1, -0.05) is 55.6 Å². The predicted molar refractivity (Wildman–Crippen MR) is 67.2 cm³/mol. The van der Waals surface area contributed by atoms with Gasteiger partial charge in [0.05, 0.1) is 0 Å². The molecule has 0 aromatic heterocycles. The lowest BCUT2D eigenvalue weighted by Crippen LogP contribution is -1.96. The molecule has 80 valence electrons. The molecule has 0 saturated heterocycles. The minimum Gasteiger partial charge on any atom is -0.0837 e. The minimum atomic E-state index is 0.564. The first-order valence-electron chi connectivity index (χ1n) is 5.71. The van der Waals surface area contributed by atoms with Crippen molar-refractivity contribution in [1.82, 2.24) is 0 Å². The van der Waals surface area contributed by atoms with Crippen molar-refractivity contribution in [1.29, 1.82) is 0 Å². The fraction of sp³-hybridized carbons (Fsp3) is 0.429. The molecule has 1 heteroatoms. The van der Waals surface area contributed by atoms with E-state index in [9.17, 15) is 0 Å².